The average molecular weight is 550 g/mol. The van der Waals surface area contributed by atoms with E-state index in [1.54, 1.807) is 0 Å². The van der Waals surface area contributed by atoms with Crippen LogP contribution in [0, 0.1) is 16.7 Å². The summed E-state index contributed by atoms with van der Waals surface area (Å²) in [6.45, 7) is 4.57. The number of allylic oxidation sites excluding steroid dienone is 1. The van der Waals surface area contributed by atoms with Crippen LogP contribution in [0.4, 0.5) is 5.69 Å². The number of sulfonamides is 1. The van der Waals surface area contributed by atoms with Crippen LogP contribution in [0.15, 0.2) is 47.5 Å². The first-order chi connectivity index (χ1) is 16.1. The van der Waals surface area contributed by atoms with E-state index in [9.17, 15) is 13.3 Å². The number of ether oxygens (including phenoxy) is 1. The normalized spacial score (nSPS) is 18.3. The van der Waals surface area contributed by atoms with E-state index in [4.69, 9.17) is 45.3 Å². The van der Waals surface area contributed by atoms with E-state index in [0.717, 1.165) is 25.7 Å². The van der Waals surface area contributed by atoms with Crippen molar-refractivity contribution in [3.05, 3.63) is 62.6 Å². The van der Waals surface area contributed by atoms with Crippen molar-refractivity contribution in [2.24, 2.45) is 17.6 Å². The number of halogens is 3. The zero-order valence-corrected chi connectivity index (χ0v) is 21.5. The second kappa shape index (κ2) is 11.1. The molecule has 3 N–H and O–H groups in total. The van der Waals surface area contributed by atoms with Crippen LogP contribution in [0.1, 0.15) is 25.7 Å². The SMILES string of the molecule is C=C(NS(=O)(=O)c1cc(Cl)c(Oc2ccc([N+](=O)OC)cc2Cl)c(Cl)c1)C1CCC(CN)CC1. The molecule has 2 aromatic carbocycles. The second-order valence-corrected chi connectivity index (χ2v) is 10.9. The van der Waals surface area contributed by atoms with E-state index in [2.05, 4.69) is 16.1 Å². The molecule has 0 radical (unpaired) electrons. The van der Waals surface area contributed by atoms with E-state index >= 15 is 0 Å². The lowest BCUT2D eigenvalue weighted by Crippen LogP contribution is -2.30. The van der Waals surface area contributed by atoms with Crippen LogP contribution in [0.2, 0.25) is 15.1 Å². The highest BCUT2D eigenvalue weighted by atomic mass is 35.5. The Hall–Kier alpha value is -2.04. The van der Waals surface area contributed by atoms with Gasteiger partial charge in [-0.15, -0.1) is 0 Å². The Kier molecular flexibility index (Phi) is 8.70. The van der Waals surface area contributed by atoms with Crippen molar-refractivity contribution >= 4 is 50.5 Å². The van der Waals surface area contributed by atoms with Gasteiger partial charge in [0.25, 0.3) is 14.9 Å². The van der Waals surface area contributed by atoms with Gasteiger partial charge in [-0.3, -0.25) is 4.72 Å². The molecule has 0 atom stereocenters. The summed E-state index contributed by atoms with van der Waals surface area (Å²) < 4.78 is 34.1. The van der Waals surface area contributed by atoms with Gasteiger partial charge in [-0.2, -0.15) is 0 Å². The van der Waals surface area contributed by atoms with Gasteiger partial charge in [0, 0.05) is 17.8 Å². The molecule has 0 heterocycles. The number of nitrogens with two attached hydrogens (primary N) is 1. The minimum Gasteiger partial charge on any atom is -0.453 e. The summed E-state index contributed by atoms with van der Waals surface area (Å²) in [4.78, 5) is 16.3. The minimum absolute atomic E-state index is 0.0154. The summed E-state index contributed by atoms with van der Waals surface area (Å²) in [6.07, 6.45) is 3.53. The van der Waals surface area contributed by atoms with Crippen LogP contribution in [0.5, 0.6) is 11.5 Å². The zero-order chi connectivity index (χ0) is 25.0. The molecule has 34 heavy (non-hydrogen) atoms. The van der Waals surface area contributed by atoms with Crippen LogP contribution in [-0.2, 0) is 14.9 Å². The van der Waals surface area contributed by atoms with Crippen LogP contribution in [0.3, 0.4) is 0 Å². The lowest BCUT2D eigenvalue weighted by Gasteiger charge is -2.29. The molecule has 1 aliphatic carbocycles. The van der Waals surface area contributed by atoms with Crippen molar-refractivity contribution < 1.29 is 22.9 Å². The molecule has 1 fully saturated rings. The van der Waals surface area contributed by atoms with Gasteiger partial charge in [0.1, 0.15) is 5.75 Å². The third-order valence-corrected chi connectivity index (χ3v) is 7.97. The number of nitrogens with zero attached hydrogens (tertiary/aromatic N) is 1. The van der Waals surface area contributed by atoms with E-state index < -0.39 is 10.0 Å². The van der Waals surface area contributed by atoms with Gasteiger partial charge in [0.05, 0.1) is 24.9 Å². The molecule has 3 rings (SSSR count). The first-order valence-corrected chi connectivity index (χ1v) is 13.1. The number of hydrogen-bond donors (Lipinski definition) is 2. The van der Waals surface area contributed by atoms with Crippen molar-refractivity contribution in [1.29, 1.82) is 0 Å². The van der Waals surface area contributed by atoms with Crippen LogP contribution in [0.25, 0.3) is 0 Å². The van der Waals surface area contributed by atoms with E-state index in [1.165, 1.54) is 37.4 Å². The highest BCUT2D eigenvalue weighted by molar-refractivity contribution is 7.89. The van der Waals surface area contributed by atoms with Gasteiger partial charge in [-0.25, -0.2) is 13.3 Å². The fourth-order valence-corrected chi connectivity index (χ4v) is 5.83. The molecule has 0 bridgehead atoms. The summed E-state index contributed by atoms with van der Waals surface area (Å²) in [5, 5.41) is 0.0235. The Balaban J connectivity index is 1.77. The number of rotatable bonds is 9. The molecule has 1 aliphatic rings. The van der Waals surface area contributed by atoms with Crippen molar-refractivity contribution in [3.63, 3.8) is 0 Å². The van der Waals surface area contributed by atoms with E-state index in [1.807, 2.05) is 0 Å². The van der Waals surface area contributed by atoms with Gasteiger partial charge in [-0.1, -0.05) is 41.4 Å². The molecular weight excluding hydrogens is 525 g/mol. The third-order valence-electron chi connectivity index (χ3n) is 5.72. The van der Waals surface area contributed by atoms with Gasteiger partial charge >= 0.3 is 5.69 Å². The Bertz CT molecular complexity index is 1180. The van der Waals surface area contributed by atoms with Gasteiger partial charge < -0.3 is 10.5 Å². The molecular formula is C22H25Cl3N3O5S+. The fourth-order valence-electron chi connectivity index (χ4n) is 3.75. The largest absolute Gasteiger partial charge is 0.453 e. The molecule has 8 nitrogen and oxygen atoms in total. The summed E-state index contributed by atoms with van der Waals surface area (Å²) in [6, 6.07) is 6.66. The predicted octanol–water partition coefficient (Wildman–Crippen LogP) is 5.97. The lowest BCUT2D eigenvalue weighted by atomic mass is 9.81. The summed E-state index contributed by atoms with van der Waals surface area (Å²) in [5.41, 5.74) is 6.31. The molecule has 0 saturated heterocycles. The third kappa shape index (κ3) is 6.14. The standard InChI is InChI=1S/C22H25Cl3N3O5S/c1-13(15-5-3-14(12-26)4-6-15)27-34(30,31)17-10-19(24)22(20(25)11-17)33-21-8-7-16(9-18(21)23)28(29)32-2/h7-11,14-15,27H,1,3-6,12,26H2,2H3/q+1. The van der Waals surface area contributed by atoms with E-state index in [0.29, 0.717) is 18.2 Å². The van der Waals surface area contributed by atoms with Crippen molar-refractivity contribution in [1.82, 2.24) is 4.72 Å². The van der Waals surface area contributed by atoms with Gasteiger partial charge in [0.2, 0.25) is 0 Å². The van der Waals surface area contributed by atoms with Gasteiger partial charge in [-0.05, 0) is 62.3 Å². The van der Waals surface area contributed by atoms with Gasteiger partial charge in [0.15, 0.2) is 12.9 Å². The second-order valence-electron chi connectivity index (χ2n) is 7.96. The molecule has 2 aromatic rings. The Labute approximate surface area is 213 Å². The average Bonchev–Trinajstić information content (AvgIpc) is 2.81. The van der Waals surface area contributed by atoms with Crippen LogP contribution < -0.4 is 15.2 Å². The monoisotopic (exact) mass is 548 g/mol. The van der Waals surface area contributed by atoms with Crippen LogP contribution >= 0.6 is 34.8 Å². The molecule has 0 spiro atoms. The molecule has 0 aromatic heterocycles. The van der Waals surface area contributed by atoms with Crippen LogP contribution in [-0.4, -0.2) is 27.0 Å². The maximum atomic E-state index is 12.9. The minimum atomic E-state index is -3.97. The van der Waals surface area contributed by atoms with E-state index in [-0.39, 0.29) is 48.0 Å². The van der Waals surface area contributed by atoms with Crippen molar-refractivity contribution in [2.45, 2.75) is 30.6 Å². The first-order valence-electron chi connectivity index (χ1n) is 10.4. The molecule has 1 saturated carbocycles. The van der Waals surface area contributed by atoms with Crippen molar-refractivity contribution in [2.75, 3.05) is 13.7 Å². The molecule has 184 valence electrons. The smallest absolute Gasteiger partial charge is 0.318 e. The van der Waals surface area contributed by atoms with Crippen molar-refractivity contribution in [3.8, 4) is 11.5 Å². The highest BCUT2D eigenvalue weighted by Crippen LogP contribution is 2.41. The Morgan fingerprint density at radius 1 is 1.12 bits per heavy atom. The maximum absolute atomic E-state index is 12.9. The molecule has 0 amide bonds. The summed E-state index contributed by atoms with van der Waals surface area (Å²) >= 11 is 18.8. The topological polar surface area (TPSA) is 111 Å². The maximum Gasteiger partial charge on any atom is 0.318 e. The molecule has 12 heteroatoms. The summed E-state index contributed by atoms with van der Waals surface area (Å²) in [5.74, 6) is 0.685. The molecule has 0 unspecified atom stereocenters. The highest BCUT2D eigenvalue weighted by Gasteiger charge is 2.27. The first kappa shape index (κ1) is 26.6. The molecule has 0 aliphatic heterocycles. The summed E-state index contributed by atoms with van der Waals surface area (Å²) in [7, 11) is -2.75. The quantitative estimate of drug-likeness (QED) is 0.373. The fraction of sp³-hybridized carbons (Fsp3) is 0.364. The number of hydrogen-bond acceptors (Lipinski definition) is 6. The number of nitrogens with one attached hydrogen (secondary N) is 1. The predicted molar refractivity (Wildman–Crippen MR) is 132 cm³/mol. The Morgan fingerprint density at radius 2 is 1.74 bits per heavy atom. The lowest BCUT2D eigenvalue weighted by molar-refractivity contribution is -0.736. The zero-order valence-electron chi connectivity index (χ0n) is 18.4. The number of benzene rings is 2. The Morgan fingerprint density at radius 3 is 2.26 bits per heavy atom.